The number of amides is 1. The molecular weight excluding hydrogens is 338 g/mol. The van der Waals surface area contributed by atoms with Gasteiger partial charge in [-0.05, 0) is 42.0 Å². The summed E-state index contributed by atoms with van der Waals surface area (Å²) < 4.78 is 28.3. The lowest BCUT2D eigenvalue weighted by molar-refractivity contribution is -0.111. The van der Waals surface area contributed by atoms with Gasteiger partial charge in [-0.1, -0.05) is 23.7 Å². The third-order valence-corrected chi connectivity index (χ3v) is 3.22. The van der Waals surface area contributed by atoms with Crippen LogP contribution < -0.4 is 10.1 Å². The molecule has 0 fully saturated rings. The average molecular weight is 349 g/mol. The normalized spacial score (nSPS) is 10.6. The largest absolute Gasteiger partial charge is 0.435 e. The molecule has 0 saturated heterocycles. The number of halogens is 3. The zero-order valence-corrected chi connectivity index (χ0v) is 12.9. The highest BCUT2D eigenvalue weighted by Gasteiger charge is 2.04. The number of nitrogens with zero attached hydrogens (tertiary/aromatic N) is 1. The number of ether oxygens (including phenoxy) is 1. The minimum absolute atomic E-state index is 0.0387. The molecule has 1 amide bonds. The van der Waals surface area contributed by atoms with Gasteiger partial charge in [0.05, 0.1) is 10.6 Å². The lowest BCUT2D eigenvalue weighted by atomic mass is 10.2. The zero-order chi connectivity index (χ0) is 17.5. The minimum Gasteiger partial charge on any atom is -0.435 e. The van der Waals surface area contributed by atoms with Gasteiger partial charge in [0.25, 0.3) is 0 Å². The number of nitrogens with one attached hydrogen (secondary N) is 1. The number of rotatable bonds is 5. The summed E-state index contributed by atoms with van der Waals surface area (Å²) in [7, 11) is 0. The van der Waals surface area contributed by atoms with Gasteiger partial charge in [0, 0.05) is 11.8 Å². The number of carbonyl (C=O) groups excluding carboxylic acids is 1. The molecule has 0 radical (unpaired) electrons. The van der Waals surface area contributed by atoms with E-state index in [-0.39, 0.29) is 11.3 Å². The molecule has 0 heterocycles. The summed E-state index contributed by atoms with van der Waals surface area (Å²) in [6.07, 6.45) is 2.80. The molecule has 1 N–H and O–H groups in total. The molecule has 0 saturated carbocycles. The van der Waals surface area contributed by atoms with Crippen LogP contribution in [0.4, 0.5) is 14.5 Å². The maximum Gasteiger partial charge on any atom is 0.387 e. The lowest BCUT2D eigenvalue weighted by Gasteiger charge is -2.04. The molecule has 24 heavy (non-hydrogen) atoms. The first kappa shape index (κ1) is 17.4. The number of hydrogen-bond acceptors (Lipinski definition) is 3. The maximum atomic E-state index is 12.0. The number of benzene rings is 2. The summed E-state index contributed by atoms with van der Waals surface area (Å²) in [6.45, 7) is -2.88. The highest BCUT2D eigenvalue weighted by molar-refractivity contribution is 6.31. The van der Waals surface area contributed by atoms with Crippen LogP contribution in [-0.2, 0) is 4.79 Å². The third-order valence-electron chi connectivity index (χ3n) is 2.89. The Morgan fingerprint density at radius 1 is 1.25 bits per heavy atom. The van der Waals surface area contributed by atoms with Gasteiger partial charge in [0.1, 0.15) is 11.8 Å². The summed E-state index contributed by atoms with van der Waals surface area (Å²) in [6, 6.07) is 12.3. The van der Waals surface area contributed by atoms with Gasteiger partial charge in [0.15, 0.2) is 0 Å². The Kier molecular flexibility index (Phi) is 5.88. The van der Waals surface area contributed by atoms with E-state index in [2.05, 4.69) is 10.1 Å². The van der Waals surface area contributed by atoms with Crippen LogP contribution in [0.15, 0.2) is 48.5 Å². The highest BCUT2D eigenvalue weighted by atomic mass is 35.5. The fourth-order valence-corrected chi connectivity index (χ4v) is 1.96. The van der Waals surface area contributed by atoms with Gasteiger partial charge >= 0.3 is 6.61 Å². The maximum absolute atomic E-state index is 12.0. The minimum atomic E-state index is -2.88. The summed E-state index contributed by atoms with van der Waals surface area (Å²) in [4.78, 5) is 11.8. The average Bonchev–Trinajstić information content (AvgIpc) is 2.55. The Labute approximate surface area is 141 Å². The number of nitriles is 1. The van der Waals surface area contributed by atoms with E-state index in [4.69, 9.17) is 16.9 Å². The molecule has 2 rings (SSSR count). The molecule has 0 aliphatic carbocycles. The second kappa shape index (κ2) is 8.09. The smallest absolute Gasteiger partial charge is 0.387 e. The lowest BCUT2D eigenvalue weighted by Crippen LogP contribution is -2.07. The summed E-state index contributed by atoms with van der Waals surface area (Å²) in [5, 5.41) is 11.8. The highest BCUT2D eigenvalue weighted by Crippen LogP contribution is 2.20. The van der Waals surface area contributed by atoms with E-state index >= 15 is 0 Å². The van der Waals surface area contributed by atoms with Gasteiger partial charge in [-0.15, -0.1) is 0 Å². The molecule has 7 heteroatoms. The number of anilines is 1. The van der Waals surface area contributed by atoms with Gasteiger partial charge in [-0.3, -0.25) is 4.79 Å². The number of alkyl halides is 2. The molecule has 0 aromatic heterocycles. The molecule has 0 bridgehead atoms. The molecule has 0 aliphatic heterocycles. The first-order valence-corrected chi connectivity index (χ1v) is 7.09. The fourth-order valence-electron chi connectivity index (χ4n) is 1.80. The quantitative estimate of drug-likeness (QED) is 0.811. The van der Waals surface area contributed by atoms with Crippen LogP contribution in [0.3, 0.4) is 0 Å². The topological polar surface area (TPSA) is 62.1 Å². The first-order chi connectivity index (χ1) is 11.5. The van der Waals surface area contributed by atoms with E-state index < -0.39 is 12.5 Å². The summed E-state index contributed by atoms with van der Waals surface area (Å²) >= 11 is 5.81. The van der Waals surface area contributed by atoms with E-state index in [1.807, 2.05) is 6.07 Å². The van der Waals surface area contributed by atoms with Crippen molar-refractivity contribution in [2.24, 2.45) is 0 Å². The molecule has 0 atom stereocenters. The van der Waals surface area contributed by atoms with Crippen molar-refractivity contribution in [2.75, 3.05) is 5.32 Å². The Morgan fingerprint density at radius 2 is 1.96 bits per heavy atom. The van der Waals surface area contributed by atoms with Crippen molar-refractivity contribution in [3.8, 4) is 11.8 Å². The molecule has 2 aromatic rings. The van der Waals surface area contributed by atoms with Crippen molar-refractivity contribution in [2.45, 2.75) is 6.61 Å². The van der Waals surface area contributed by atoms with Crippen LogP contribution in [0, 0.1) is 11.3 Å². The molecule has 4 nitrogen and oxygen atoms in total. The number of hydrogen-bond donors (Lipinski definition) is 1. The molecular formula is C17H11ClF2N2O2. The van der Waals surface area contributed by atoms with Crippen molar-refractivity contribution in [3.63, 3.8) is 0 Å². The van der Waals surface area contributed by atoms with E-state index in [1.165, 1.54) is 48.6 Å². The second-order valence-electron chi connectivity index (χ2n) is 4.58. The van der Waals surface area contributed by atoms with Gasteiger partial charge in [-0.2, -0.15) is 14.0 Å². The SMILES string of the molecule is N#Cc1cc(NC(=O)/C=C/c2ccc(OC(F)F)cc2)ccc1Cl. The molecule has 2 aromatic carbocycles. The van der Waals surface area contributed by atoms with Gasteiger partial charge < -0.3 is 10.1 Å². The van der Waals surface area contributed by atoms with Crippen molar-refractivity contribution in [1.82, 2.24) is 0 Å². The second-order valence-corrected chi connectivity index (χ2v) is 4.98. The monoisotopic (exact) mass is 348 g/mol. The molecule has 0 spiro atoms. The van der Waals surface area contributed by atoms with E-state index in [0.717, 1.165) is 0 Å². The summed E-state index contributed by atoms with van der Waals surface area (Å²) in [5.41, 5.74) is 1.33. The van der Waals surface area contributed by atoms with Crippen molar-refractivity contribution in [3.05, 3.63) is 64.7 Å². The van der Waals surface area contributed by atoms with E-state index in [1.54, 1.807) is 6.07 Å². The molecule has 0 unspecified atom stereocenters. The Hall–Kier alpha value is -2.91. The van der Waals surface area contributed by atoms with E-state index in [0.29, 0.717) is 16.3 Å². The van der Waals surface area contributed by atoms with Crippen LogP contribution in [0.5, 0.6) is 5.75 Å². The molecule has 0 aliphatic rings. The van der Waals surface area contributed by atoms with Crippen LogP contribution in [0.2, 0.25) is 5.02 Å². The first-order valence-electron chi connectivity index (χ1n) is 6.71. The van der Waals surface area contributed by atoms with Crippen LogP contribution in [-0.4, -0.2) is 12.5 Å². The molecule has 122 valence electrons. The number of carbonyl (C=O) groups is 1. The predicted octanol–water partition coefficient (Wildman–Crippen LogP) is 4.46. The fraction of sp³-hybridized carbons (Fsp3) is 0.0588. The zero-order valence-electron chi connectivity index (χ0n) is 12.2. The Morgan fingerprint density at radius 3 is 2.58 bits per heavy atom. The summed E-state index contributed by atoms with van der Waals surface area (Å²) in [5.74, 6) is -0.370. The van der Waals surface area contributed by atoms with E-state index in [9.17, 15) is 13.6 Å². The van der Waals surface area contributed by atoms with Crippen molar-refractivity contribution >= 4 is 29.3 Å². The van der Waals surface area contributed by atoms with Gasteiger partial charge in [-0.25, -0.2) is 0 Å². The van der Waals surface area contributed by atoms with Gasteiger partial charge in [0.2, 0.25) is 5.91 Å². The van der Waals surface area contributed by atoms with Crippen LogP contribution >= 0.6 is 11.6 Å². The predicted molar refractivity (Wildman–Crippen MR) is 86.9 cm³/mol. The standard InChI is InChI=1S/C17H11ClF2N2O2/c18-15-7-4-13(9-12(15)10-21)22-16(23)8-3-11-1-5-14(6-2-11)24-17(19)20/h1-9,17H,(H,22,23)/b8-3+. The third kappa shape index (κ3) is 5.07. The van der Waals surface area contributed by atoms with Crippen LogP contribution in [0.25, 0.3) is 6.08 Å². The van der Waals surface area contributed by atoms with Crippen LogP contribution in [0.1, 0.15) is 11.1 Å². The van der Waals surface area contributed by atoms with Crippen molar-refractivity contribution < 1.29 is 18.3 Å². The van der Waals surface area contributed by atoms with Crippen molar-refractivity contribution in [1.29, 1.82) is 5.26 Å². The Bertz CT molecular complexity index is 799. The Balaban J connectivity index is 1.99.